The summed E-state index contributed by atoms with van der Waals surface area (Å²) in [4.78, 5) is 14.1. The molecule has 0 saturated carbocycles. The molecule has 1 aliphatic heterocycles. The van der Waals surface area contributed by atoms with Crippen molar-refractivity contribution >= 4 is 11.6 Å². The van der Waals surface area contributed by atoms with E-state index < -0.39 is 0 Å². The predicted octanol–water partition coefficient (Wildman–Crippen LogP) is 1.09. The third-order valence-electron chi connectivity index (χ3n) is 3.37. The van der Waals surface area contributed by atoms with Gasteiger partial charge in [0.05, 0.1) is 0 Å². The number of likely N-dealkylation sites (N-methyl/N-ethyl adjacent to an activating group) is 1. The molecular formula is C14H21N3O. The smallest absolute Gasteiger partial charge is 0.245 e. The number of rotatable bonds is 5. The van der Waals surface area contributed by atoms with Gasteiger partial charge in [0, 0.05) is 25.7 Å². The lowest BCUT2D eigenvalue weighted by molar-refractivity contribution is -0.130. The van der Waals surface area contributed by atoms with Crippen LogP contribution in [0.4, 0.5) is 5.69 Å². The van der Waals surface area contributed by atoms with Crippen LogP contribution in [0.3, 0.4) is 0 Å². The summed E-state index contributed by atoms with van der Waals surface area (Å²) in [6.07, 6.45) is 1.78. The van der Waals surface area contributed by atoms with Crippen molar-refractivity contribution < 1.29 is 4.79 Å². The molecule has 2 rings (SSSR count). The van der Waals surface area contributed by atoms with Gasteiger partial charge in [0.2, 0.25) is 5.91 Å². The molecule has 1 heterocycles. The molecule has 1 aliphatic rings. The van der Waals surface area contributed by atoms with Gasteiger partial charge in [-0.25, -0.2) is 0 Å². The Morgan fingerprint density at radius 1 is 1.50 bits per heavy atom. The average Bonchev–Trinajstić information content (AvgIpc) is 2.81. The van der Waals surface area contributed by atoms with E-state index in [-0.39, 0.29) is 11.9 Å². The number of hydrogen-bond acceptors (Lipinski definition) is 3. The Morgan fingerprint density at radius 2 is 2.28 bits per heavy atom. The van der Waals surface area contributed by atoms with Crippen LogP contribution in [-0.2, 0) is 11.2 Å². The van der Waals surface area contributed by atoms with E-state index in [0.717, 1.165) is 31.6 Å². The molecule has 98 valence electrons. The molecule has 0 fully saturated rings. The van der Waals surface area contributed by atoms with E-state index in [1.54, 1.807) is 0 Å². The van der Waals surface area contributed by atoms with Gasteiger partial charge >= 0.3 is 0 Å². The molecule has 0 aromatic heterocycles. The Labute approximate surface area is 108 Å². The van der Waals surface area contributed by atoms with Gasteiger partial charge in [0.1, 0.15) is 6.04 Å². The van der Waals surface area contributed by atoms with Crippen LogP contribution in [0.15, 0.2) is 24.3 Å². The summed E-state index contributed by atoms with van der Waals surface area (Å²) in [7, 11) is 3.81. The minimum Gasteiger partial charge on any atom is -0.373 e. The molecular weight excluding hydrogens is 226 g/mol. The maximum absolute atomic E-state index is 12.3. The number of amides is 1. The molecule has 4 nitrogen and oxygen atoms in total. The summed E-state index contributed by atoms with van der Waals surface area (Å²) in [6.45, 7) is 1.74. The normalized spacial score (nSPS) is 17.1. The summed E-state index contributed by atoms with van der Waals surface area (Å²) in [6, 6.07) is 8.03. The maximum atomic E-state index is 12.3. The van der Waals surface area contributed by atoms with Crippen LogP contribution in [0.25, 0.3) is 0 Å². The van der Waals surface area contributed by atoms with Crippen molar-refractivity contribution in [1.82, 2.24) is 10.2 Å². The van der Waals surface area contributed by atoms with Gasteiger partial charge in [0.15, 0.2) is 0 Å². The fourth-order valence-corrected chi connectivity index (χ4v) is 2.32. The van der Waals surface area contributed by atoms with E-state index in [9.17, 15) is 4.79 Å². The first-order valence-corrected chi connectivity index (χ1v) is 6.46. The summed E-state index contributed by atoms with van der Waals surface area (Å²) in [5, 5.41) is 6.39. The highest BCUT2D eigenvalue weighted by molar-refractivity contribution is 5.87. The zero-order valence-corrected chi connectivity index (χ0v) is 11.1. The number of carbonyl (C=O) groups is 1. The SMILES string of the molecule is CNCCCN(C)C(=O)C1Cc2ccccc2N1. The molecule has 2 N–H and O–H groups in total. The summed E-state index contributed by atoms with van der Waals surface area (Å²) >= 11 is 0. The lowest BCUT2D eigenvalue weighted by Crippen LogP contribution is -2.40. The number of anilines is 1. The Kier molecular flexibility index (Phi) is 4.20. The summed E-state index contributed by atoms with van der Waals surface area (Å²) in [5.41, 5.74) is 2.33. The van der Waals surface area contributed by atoms with Gasteiger partial charge in [-0.3, -0.25) is 4.79 Å². The van der Waals surface area contributed by atoms with Crippen molar-refractivity contribution in [3.63, 3.8) is 0 Å². The van der Waals surface area contributed by atoms with Crippen molar-refractivity contribution in [2.75, 3.05) is 32.5 Å². The molecule has 0 radical (unpaired) electrons. The Balaban J connectivity index is 1.88. The largest absolute Gasteiger partial charge is 0.373 e. The van der Waals surface area contributed by atoms with Crippen LogP contribution in [0.1, 0.15) is 12.0 Å². The molecule has 18 heavy (non-hydrogen) atoms. The van der Waals surface area contributed by atoms with Crippen LogP contribution in [0.2, 0.25) is 0 Å². The fraction of sp³-hybridized carbons (Fsp3) is 0.500. The zero-order valence-electron chi connectivity index (χ0n) is 11.1. The first kappa shape index (κ1) is 12.9. The van der Waals surface area contributed by atoms with Crippen molar-refractivity contribution in [3.8, 4) is 0 Å². The Morgan fingerprint density at radius 3 is 3.00 bits per heavy atom. The summed E-state index contributed by atoms with van der Waals surface area (Å²) in [5.74, 6) is 0.183. The van der Waals surface area contributed by atoms with Crippen LogP contribution in [-0.4, -0.2) is 44.0 Å². The number of para-hydroxylation sites is 1. The third-order valence-corrected chi connectivity index (χ3v) is 3.37. The van der Waals surface area contributed by atoms with Gasteiger partial charge in [-0.05, 0) is 31.6 Å². The Bertz CT molecular complexity index is 394. The maximum Gasteiger partial charge on any atom is 0.245 e. The molecule has 0 aliphatic carbocycles. The molecule has 4 heteroatoms. The number of hydrogen-bond donors (Lipinski definition) is 2. The molecule has 0 bridgehead atoms. The second-order valence-corrected chi connectivity index (χ2v) is 4.78. The fourth-order valence-electron chi connectivity index (χ4n) is 2.32. The first-order chi connectivity index (χ1) is 8.72. The topological polar surface area (TPSA) is 44.4 Å². The Hall–Kier alpha value is -1.55. The lowest BCUT2D eigenvalue weighted by Gasteiger charge is -2.21. The van der Waals surface area contributed by atoms with E-state index in [0.29, 0.717) is 0 Å². The van der Waals surface area contributed by atoms with Crippen molar-refractivity contribution in [2.24, 2.45) is 0 Å². The van der Waals surface area contributed by atoms with Crippen LogP contribution >= 0.6 is 0 Å². The van der Waals surface area contributed by atoms with Crippen molar-refractivity contribution in [2.45, 2.75) is 18.9 Å². The monoisotopic (exact) mass is 247 g/mol. The average molecular weight is 247 g/mol. The number of fused-ring (bicyclic) bond motifs is 1. The highest BCUT2D eigenvalue weighted by Crippen LogP contribution is 2.25. The first-order valence-electron chi connectivity index (χ1n) is 6.46. The van der Waals surface area contributed by atoms with Gasteiger partial charge < -0.3 is 15.5 Å². The molecule has 1 aromatic carbocycles. The van der Waals surface area contributed by atoms with Crippen LogP contribution < -0.4 is 10.6 Å². The number of benzene rings is 1. The van der Waals surface area contributed by atoms with Gasteiger partial charge in [-0.1, -0.05) is 18.2 Å². The molecule has 1 aromatic rings. The van der Waals surface area contributed by atoms with E-state index in [2.05, 4.69) is 16.7 Å². The van der Waals surface area contributed by atoms with Gasteiger partial charge in [-0.15, -0.1) is 0 Å². The van der Waals surface area contributed by atoms with Gasteiger partial charge in [0.25, 0.3) is 0 Å². The minimum absolute atomic E-state index is 0.0954. The van der Waals surface area contributed by atoms with E-state index in [1.165, 1.54) is 5.56 Å². The van der Waals surface area contributed by atoms with E-state index in [1.807, 2.05) is 37.2 Å². The van der Waals surface area contributed by atoms with E-state index >= 15 is 0 Å². The molecule has 0 spiro atoms. The molecule has 1 amide bonds. The predicted molar refractivity (Wildman–Crippen MR) is 73.7 cm³/mol. The highest BCUT2D eigenvalue weighted by Gasteiger charge is 2.28. The number of carbonyl (C=O) groups excluding carboxylic acids is 1. The quantitative estimate of drug-likeness (QED) is 0.766. The standard InChI is InChI=1S/C14H21N3O/c1-15-8-5-9-17(2)14(18)13-10-11-6-3-4-7-12(11)16-13/h3-4,6-7,13,15-16H,5,8-10H2,1-2H3. The molecule has 0 saturated heterocycles. The second kappa shape index (κ2) is 5.87. The van der Waals surface area contributed by atoms with Crippen LogP contribution in [0, 0.1) is 0 Å². The molecule has 1 unspecified atom stereocenters. The van der Waals surface area contributed by atoms with Crippen LogP contribution in [0.5, 0.6) is 0 Å². The second-order valence-electron chi connectivity index (χ2n) is 4.78. The third kappa shape index (κ3) is 2.82. The van der Waals surface area contributed by atoms with E-state index in [4.69, 9.17) is 0 Å². The van der Waals surface area contributed by atoms with Gasteiger partial charge in [-0.2, -0.15) is 0 Å². The van der Waals surface area contributed by atoms with Crippen molar-refractivity contribution in [1.29, 1.82) is 0 Å². The lowest BCUT2D eigenvalue weighted by atomic mass is 10.1. The van der Waals surface area contributed by atoms with Crippen molar-refractivity contribution in [3.05, 3.63) is 29.8 Å². The molecule has 1 atom stereocenters. The highest BCUT2D eigenvalue weighted by atomic mass is 16.2. The number of nitrogens with one attached hydrogen (secondary N) is 2. The minimum atomic E-state index is -0.0954. The number of nitrogens with zero attached hydrogens (tertiary/aromatic N) is 1. The zero-order chi connectivity index (χ0) is 13.0. The summed E-state index contributed by atoms with van der Waals surface area (Å²) < 4.78 is 0.